The first-order valence-electron chi connectivity index (χ1n) is 12.2. The fourth-order valence-electron chi connectivity index (χ4n) is 2.99. The molecule has 0 bridgehead atoms. The molecule has 0 aliphatic heterocycles. The van der Waals surface area contributed by atoms with Crippen molar-refractivity contribution in [2.24, 2.45) is 0 Å². The number of hydrogen-bond acceptors (Lipinski definition) is 8. The van der Waals surface area contributed by atoms with Crippen LogP contribution in [0.4, 0.5) is 0 Å². The molecule has 0 unspecified atom stereocenters. The van der Waals surface area contributed by atoms with E-state index in [1.54, 1.807) is 20.9 Å². The lowest BCUT2D eigenvalue weighted by atomic mass is 9.94. The molecule has 218 valence electrons. The average Bonchev–Trinajstić information content (AvgIpc) is 2.84. The van der Waals surface area contributed by atoms with Gasteiger partial charge in [-0.3, -0.25) is 33.6 Å². The Morgan fingerprint density at radius 2 is 1.11 bits per heavy atom. The Morgan fingerprint density at radius 3 is 1.50 bits per heavy atom. The highest BCUT2D eigenvalue weighted by Crippen LogP contribution is 2.09. The molecule has 38 heavy (non-hydrogen) atoms. The van der Waals surface area contributed by atoms with Crippen LogP contribution in [0, 0.1) is 0 Å². The van der Waals surface area contributed by atoms with Crippen LogP contribution in [-0.4, -0.2) is 95.8 Å². The van der Waals surface area contributed by atoms with E-state index in [-0.39, 0.29) is 19.8 Å². The van der Waals surface area contributed by atoms with Crippen LogP contribution in [-0.2, 0) is 33.6 Å². The Bertz CT molecular complexity index is 905. The zero-order valence-corrected chi connectivity index (χ0v) is 23.4. The lowest BCUT2D eigenvalue weighted by Gasteiger charge is -2.31. The number of nitrogens with one attached hydrogen (secondary N) is 5. The van der Waals surface area contributed by atoms with Gasteiger partial charge in [0, 0.05) is 13.5 Å². The molecule has 0 saturated heterocycles. The first kappa shape index (κ1) is 36.8. The second-order valence-corrected chi connectivity index (χ2v) is 9.55. The minimum Gasteiger partial charge on any atom is -0.343 e. The largest absolute Gasteiger partial charge is 0.343 e. The maximum Gasteiger partial charge on any atom is 0.245 e. The van der Waals surface area contributed by atoms with Gasteiger partial charge in [0.1, 0.15) is 29.7 Å². The molecule has 0 aromatic carbocycles. The van der Waals surface area contributed by atoms with E-state index in [1.807, 2.05) is 0 Å². The van der Waals surface area contributed by atoms with Crippen LogP contribution in [0.1, 0.15) is 69.2 Å². The monoisotopic (exact) mass is 542 g/mol. The molecule has 0 aromatic heterocycles. The lowest BCUT2D eigenvalue weighted by Crippen LogP contribution is -2.59. The molecule has 13 heteroatoms. The first-order chi connectivity index (χ1) is 16.9. The van der Waals surface area contributed by atoms with Gasteiger partial charge < -0.3 is 31.5 Å². The highest BCUT2D eigenvalue weighted by molar-refractivity contribution is 6.40. The fraction of sp³-hybridized carbons (Fsp3) is 0.720. The molecule has 0 rings (SSSR count). The summed E-state index contributed by atoms with van der Waals surface area (Å²) >= 11 is 0. The third-order valence-electron chi connectivity index (χ3n) is 5.95. The van der Waals surface area contributed by atoms with Gasteiger partial charge >= 0.3 is 0 Å². The Hall–Kier alpha value is -3.35. The molecular formula is C25H46N6O7. The molecule has 0 aliphatic carbocycles. The summed E-state index contributed by atoms with van der Waals surface area (Å²) in [6, 6.07) is -4.48. The van der Waals surface area contributed by atoms with Crippen molar-refractivity contribution in [3.05, 3.63) is 0 Å². The van der Waals surface area contributed by atoms with Gasteiger partial charge in [-0.05, 0) is 55.5 Å². The summed E-state index contributed by atoms with van der Waals surface area (Å²) in [5.74, 6) is -4.22. The van der Waals surface area contributed by atoms with Crippen LogP contribution in [0.25, 0.3) is 0 Å². The average molecular weight is 543 g/mol. The number of Topliss-reactive ketones (excluding diaryl/α,β-unsaturated/α-hetero) is 2. The third-order valence-corrected chi connectivity index (χ3v) is 5.95. The van der Waals surface area contributed by atoms with E-state index in [0.717, 1.165) is 4.90 Å². The van der Waals surface area contributed by atoms with Crippen molar-refractivity contribution in [3.63, 3.8) is 0 Å². The Kier molecular flexibility index (Phi) is 15.3. The standard InChI is InChI=1S/C24H42N6O7.CH4/c1-11-17(31)18(32)24(7,8)29-22(36)16(6)30(10)23(37)15(5)28-21(35)14(4)27-20(34)13(3)26-19(33)12(2)25-9;/h12-16,25H,11H2,1-10H3,(H,26,33)(H,27,34)(H,28,35)(H,29,36);1H4/t12-,13-,14-,15-,16-;/m0./s1. The van der Waals surface area contributed by atoms with Gasteiger partial charge in [-0.15, -0.1) is 0 Å². The fourth-order valence-corrected chi connectivity index (χ4v) is 2.99. The molecule has 0 aromatic rings. The quantitative estimate of drug-likeness (QED) is 0.174. The highest BCUT2D eigenvalue weighted by Gasteiger charge is 2.36. The van der Waals surface area contributed by atoms with E-state index in [9.17, 15) is 33.6 Å². The summed E-state index contributed by atoms with van der Waals surface area (Å²) in [6.07, 6.45) is 0.00522. The molecule has 5 amide bonds. The van der Waals surface area contributed by atoms with Gasteiger partial charge in [-0.25, -0.2) is 0 Å². The van der Waals surface area contributed by atoms with Gasteiger partial charge in [-0.1, -0.05) is 14.4 Å². The van der Waals surface area contributed by atoms with E-state index in [0.29, 0.717) is 0 Å². The first-order valence-corrected chi connectivity index (χ1v) is 12.2. The number of carbonyl (C=O) groups excluding carboxylic acids is 7. The topological polar surface area (TPSA) is 183 Å². The van der Waals surface area contributed by atoms with E-state index >= 15 is 0 Å². The van der Waals surface area contributed by atoms with Crippen LogP contribution in [0.15, 0.2) is 0 Å². The maximum atomic E-state index is 12.8. The number of rotatable bonds is 14. The predicted octanol–water partition coefficient (Wildman–Crippen LogP) is -0.966. The molecule has 0 fully saturated rings. The van der Waals surface area contributed by atoms with Crippen LogP contribution in [0.3, 0.4) is 0 Å². The number of carbonyl (C=O) groups is 7. The maximum absolute atomic E-state index is 12.8. The molecule has 5 N–H and O–H groups in total. The van der Waals surface area contributed by atoms with Crippen LogP contribution < -0.4 is 26.6 Å². The third kappa shape index (κ3) is 10.6. The molecule has 0 spiro atoms. The Balaban J connectivity index is 0. The van der Waals surface area contributed by atoms with Crippen molar-refractivity contribution in [1.82, 2.24) is 31.5 Å². The van der Waals surface area contributed by atoms with E-state index in [4.69, 9.17) is 0 Å². The van der Waals surface area contributed by atoms with Crippen molar-refractivity contribution in [2.75, 3.05) is 14.1 Å². The number of nitrogens with zero attached hydrogens (tertiary/aromatic N) is 1. The summed E-state index contributed by atoms with van der Waals surface area (Å²) in [5.41, 5.74) is -1.45. The molecule has 13 nitrogen and oxygen atoms in total. The number of likely N-dealkylation sites (N-methyl/N-ethyl adjacent to an activating group) is 2. The molecule has 0 saturated carbocycles. The molecule has 0 radical (unpaired) electrons. The van der Waals surface area contributed by atoms with Gasteiger partial charge in [-0.2, -0.15) is 0 Å². The van der Waals surface area contributed by atoms with Crippen molar-refractivity contribution in [2.45, 2.75) is 105 Å². The Labute approximate surface area is 225 Å². The van der Waals surface area contributed by atoms with E-state index in [1.165, 1.54) is 48.6 Å². The van der Waals surface area contributed by atoms with Crippen molar-refractivity contribution in [3.8, 4) is 0 Å². The predicted molar refractivity (Wildman–Crippen MR) is 143 cm³/mol. The van der Waals surface area contributed by atoms with Gasteiger partial charge in [0.25, 0.3) is 0 Å². The van der Waals surface area contributed by atoms with Gasteiger partial charge in [0.2, 0.25) is 41.1 Å². The van der Waals surface area contributed by atoms with Crippen LogP contribution in [0.5, 0.6) is 0 Å². The minimum absolute atomic E-state index is 0. The van der Waals surface area contributed by atoms with Gasteiger partial charge in [0.05, 0.1) is 6.04 Å². The van der Waals surface area contributed by atoms with Crippen LogP contribution >= 0.6 is 0 Å². The van der Waals surface area contributed by atoms with Gasteiger partial charge in [0.15, 0.2) is 0 Å². The van der Waals surface area contributed by atoms with Crippen molar-refractivity contribution in [1.29, 1.82) is 0 Å². The summed E-state index contributed by atoms with van der Waals surface area (Å²) < 4.78 is 0. The van der Waals surface area contributed by atoms with E-state index < -0.39 is 70.9 Å². The minimum atomic E-state index is -1.45. The SMILES string of the molecule is C.CCC(=O)C(=O)C(C)(C)NC(=O)[C@H](C)N(C)C(=O)[C@H](C)NC(=O)[C@H](C)NC(=O)[C@H](C)NC(=O)[C@H](C)NC. The molecular weight excluding hydrogens is 496 g/mol. The molecule has 0 heterocycles. The van der Waals surface area contributed by atoms with Crippen molar-refractivity contribution >= 4 is 41.1 Å². The number of hydrogen-bond donors (Lipinski definition) is 5. The summed E-state index contributed by atoms with van der Waals surface area (Å²) in [6.45, 7) is 11.7. The van der Waals surface area contributed by atoms with Crippen molar-refractivity contribution < 1.29 is 33.6 Å². The molecule has 5 atom stereocenters. The smallest absolute Gasteiger partial charge is 0.245 e. The zero-order valence-electron chi connectivity index (χ0n) is 23.4. The second-order valence-electron chi connectivity index (χ2n) is 9.55. The second kappa shape index (κ2) is 15.8. The summed E-state index contributed by atoms with van der Waals surface area (Å²) in [7, 11) is 2.97. The number of ketones is 2. The normalized spacial score (nSPS) is 14.8. The highest BCUT2D eigenvalue weighted by atomic mass is 16.2. The van der Waals surface area contributed by atoms with E-state index in [2.05, 4.69) is 26.6 Å². The summed E-state index contributed by atoms with van der Waals surface area (Å²) in [4.78, 5) is 87.3. The lowest BCUT2D eigenvalue weighted by molar-refractivity contribution is -0.144. The number of amides is 5. The Morgan fingerprint density at radius 1 is 0.711 bits per heavy atom. The molecule has 0 aliphatic rings. The summed E-state index contributed by atoms with van der Waals surface area (Å²) in [5, 5.41) is 12.7. The van der Waals surface area contributed by atoms with Crippen LogP contribution in [0.2, 0.25) is 0 Å². The zero-order chi connectivity index (χ0) is 29.2.